The molecule has 0 aromatic rings. The number of hydrogen-bond donors (Lipinski definition) is 0. The van der Waals surface area contributed by atoms with Crippen LogP contribution < -0.4 is 0 Å². The van der Waals surface area contributed by atoms with Gasteiger partial charge in [0.05, 0.1) is 6.04 Å². The molecule has 0 saturated carbocycles. The topological polar surface area (TPSA) is 29.4 Å². The summed E-state index contributed by atoms with van der Waals surface area (Å²) in [6.07, 6.45) is 24.2. The molecule has 0 bridgehead atoms. The molecular formula is C23H41NO. The molecule has 2 heteroatoms. The Morgan fingerprint density at radius 3 is 2.08 bits per heavy atom. The van der Waals surface area contributed by atoms with Crippen LogP contribution in [0.3, 0.4) is 0 Å². The van der Waals surface area contributed by atoms with Gasteiger partial charge in [-0.15, -0.1) is 13.2 Å². The lowest BCUT2D eigenvalue weighted by Gasteiger charge is -2.19. The van der Waals surface area contributed by atoms with E-state index >= 15 is 0 Å². The van der Waals surface area contributed by atoms with E-state index in [4.69, 9.17) is 0 Å². The predicted octanol–water partition coefficient (Wildman–Crippen LogP) is 7.55. The van der Waals surface area contributed by atoms with Crippen LogP contribution in [0.5, 0.6) is 0 Å². The molecule has 0 aromatic carbocycles. The summed E-state index contributed by atoms with van der Waals surface area (Å²) >= 11 is 0. The van der Waals surface area contributed by atoms with Crippen molar-refractivity contribution in [2.75, 3.05) is 0 Å². The van der Waals surface area contributed by atoms with Crippen molar-refractivity contribution in [1.29, 1.82) is 0 Å². The summed E-state index contributed by atoms with van der Waals surface area (Å²) < 4.78 is 0. The van der Waals surface area contributed by atoms with Crippen molar-refractivity contribution in [2.45, 2.75) is 109 Å². The lowest BCUT2D eigenvalue weighted by atomic mass is 9.89. The number of isocyanates is 1. The smallest absolute Gasteiger partial charge is 0.211 e. The van der Waals surface area contributed by atoms with E-state index in [0.717, 1.165) is 32.1 Å². The second-order valence-corrected chi connectivity index (χ2v) is 7.34. The number of unbranched alkanes of at least 4 members (excludes halogenated alkanes) is 9. The molecule has 25 heavy (non-hydrogen) atoms. The number of carbonyl (C=O) groups excluding carboxylic acids is 1. The molecule has 0 saturated heterocycles. The number of hydrogen-bond acceptors (Lipinski definition) is 2. The second kappa shape index (κ2) is 19.2. The summed E-state index contributed by atoms with van der Waals surface area (Å²) in [5.74, 6) is 0.582. The molecule has 0 aromatic heterocycles. The number of rotatable bonds is 19. The minimum atomic E-state index is 0.149. The van der Waals surface area contributed by atoms with Crippen molar-refractivity contribution in [3.63, 3.8) is 0 Å². The Labute approximate surface area is 156 Å². The van der Waals surface area contributed by atoms with Gasteiger partial charge in [-0.25, -0.2) is 9.79 Å². The van der Waals surface area contributed by atoms with E-state index in [9.17, 15) is 4.79 Å². The molecule has 0 spiro atoms. The molecule has 0 fully saturated rings. The van der Waals surface area contributed by atoms with Gasteiger partial charge in [-0.2, -0.15) is 0 Å². The Hall–Kier alpha value is -1.14. The molecule has 0 aliphatic carbocycles. The number of allylic oxidation sites excluding steroid dienone is 2. The predicted molar refractivity (Wildman–Crippen MR) is 111 cm³/mol. The average Bonchev–Trinajstić information content (AvgIpc) is 2.60. The molecule has 144 valence electrons. The standard InChI is InChI=1S/C23H41NO/c1-4-7-9-10-11-12-13-14-16-19-23(24-21-25)20-22(17-6-3)18-15-8-5-2/h5-6,22-23H,2-4,7-20H2,1H3. The van der Waals surface area contributed by atoms with E-state index in [1.54, 1.807) is 6.08 Å². The fourth-order valence-corrected chi connectivity index (χ4v) is 3.50. The highest BCUT2D eigenvalue weighted by atomic mass is 16.1. The van der Waals surface area contributed by atoms with Crippen molar-refractivity contribution in [2.24, 2.45) is 10.9 Å². The molecule has 0 heterocycles. The Bertz CT molecular complexity index is 357. The van der Waals surface area contributed by atoms with Gasteiger partial charge in [0.1, 0.15) is 0 Å². The van der Waals surface area contributed by atoms with Crippen molar-refractivity contribution in [1.82, 2.24) is 0 Å². The first-order valence-corrected chi connectivity index (χ1v) is 10.6. The highest BCUT2D eigenvalue weighted by molar-refractivity contribution is 5.33. The van der Waals surface area contributed by atoms with E-state index in [1.165, 1.54) is 64.2 Å². The molecule has 0 N–H and O–H groups in total. The molecule has 2 unspecified atom stereocenters. The monoisotopic (exact) mass is 347 g/mol. The molecule has 0 aliphatic heterocycles. The van der Waals surface area contributed by atoms with E-state index in [0.29, 0.717) is 5.92 Å². The van der Waals surface area contributed by atoms with Gasteiger partial charge in [0.2, 0.25) is 6.08 Å². The van der Waals surface area contributed by atoms with Gasteiger partial charge in [0.25, 0.3) is 0 Å². The maximum absolute atomic E-state index is 10.8. The van der Waals surface area contributed by atoms with Gasteiger partial charge < -0.3 is 0 Å². The van der Waals surface area contributed by atoms with Crippen molar-refractivity contribution < 1.29 is 4.79 Å². The lowest BCUT2D eigenvalue weighted by Crippen LogP contribution is -2.12. The van der Waals surface area contributed by atoms with Crippen molar-refractivity contribution in [3.8, 4) is 0 Å². The number of nitrogens with zero attached hydrogens (tertiary/aromatic N) is 1. The first-order chi connectivity index (χ1) is 12.3. The SMILES string of the molecule is C=CCCCC(CC=C)CC(CCCCCCCCCCC)N=C=O. The molecule has 0 radical (unpaired) electrons. The summed E-state index contributed by atoms with van der Waals surface area (Å²) in [6.45, 7) is 9.93. The van der Waals surface area contributed by atoms with Crippen molar-refractivity contribution in [3.05, 3.63) is 25.3 Å². The molecule has 0 amide bonds. The molecular weight excluding hydrogens is 306 g/mol. The van der Waals surface area contributed by atoms with Crippen LogP contribution in [0, 0.1) is 5.92 Å². The molecule has 0 rings (SSSR count). The number of aliphatic imine (C=N–C) groups is 1. The maximum atomic E-state index is 10.8. The van der Waals surface area contributed by atoms with Crippen LogP contribution in [0.25, 0.3) is 0 Å². The fraction of sp³-hybridized carbons (Fsp3) is 0.783. The minimum absolute atomic E-state index is 0.149. The zero-order chi connectivity index (χ0) is 18.6. The Balaban J connectivity index is 3.95. The van der Waals surface area contributed by atoms with Crippen LogP contribution in [-0.4, -0.2) is 12.1 Å². The van der Waals surface area contributed by atoms with Gasteiger partial charge in [-0.1, -0.05) is 76.9 Å². The maximum Gasteiger partial charge on any atom is 0.235 e. The van der Waals surface area contributed by atoms with Gasteiger partial charge in [-0.3, -0.25) is 0 Å². The van der Waals surface area contributed by atoms with Crippen molar-refractivity contribution >= 4 is 6.08 Å². The largest absolute Gasteiger partial charge is 0.235 e. The third-order valence-electron chi connectivity index (χ3n) is 5.00. The molecule has 0 aliphatic rings. The summed E-state index contributed by atoms with van der Waals surface area (Å²) in [6, 6.07) is 0.149. The summed E-state index contributed by atoms with van der Waals surface area (Å²) in [5, 5.41) is 0. The van der Waals surface area contributed by atoms with Crippen LogP contribution in [0.2, 0.25) is 0 Å². The Kier molecular flexibility index (Phi) is 18.3. The Morgan fingerprint density at radius 1 is 0.880 bits per heavy atom. The average molecular weight is 348 g/mol. The van der Waals surface area contributed by atoms with Crippen LogP contribution >= 0.6 is 0 Å². The lowest BCUT2D eigenvalue weighted by molar-refractivity contribution is 0.382. The first-order valence-electron chi connectivity index (χ1n) is 10.6. The van der Waals surface area contributed by atoms with Crippen LogP contribution in [-0.2, 0) is 4.79 Å². The van der Waals surface area contributed by atoms with Crippen LogP contribution in [0.15, 0.2) is 30.3 Å². The van der Waals surface area contributed by atoms with E-state index < -0.39 is 0 Å². The van der Waals surface area contributed by atoms with Gasteiger partial charge in [0.15, 0.2) is 0 Å². The summed E-state index contributed by atoms with van der Waals surface area (Å²) in [5.41, 5.74) is 0. The summed E-state index contributed by atoms with van der Waals surface area (Å²) in [4.78, 5) is 14.8. The first kappa shape index (κ1) is 23.9. The fourth-order valence-electron chi connectivity index (χ4n) is 3.50. The van der Waals surface area contributed by atoms with Gasteiger partial charge in [-0.05, 0) is 44.4 Å². The minimum Gasteiger partial charge on any atom is -0.211 e. The third-order valence-corrected chi connectivity index (χ3v) is 5.00. The van der Waals surface area contributed by atoms with E-state index in [1.807, 2.05) is 12.2 Å². The van der Waals surface area contributed by atoms with Crippen LogP contribution in [0.1, 0.15) is 103 Å². The van der Waals surface area contributed by atoms with Gasteiger partial charge >= 0.3 is 0 Å². The zero-order valence-electron chi connectivity index (χ0n) is 16.7. The third kappa shape index (κ3) is 16.1. The normalized spacial score (nSPS) is 13.0. The van der Waals surface area contributed by atoms with Crippen LogP contribution in [0.4, 0.5) is 0 Å². The molecule has 2 nitrogen and oxygen atoms in total. The van der Waals surface area contributed by atoms with E-state index in [2.05, 4.69) is 25.1 Å². The highest BCUT2D eigenvalue weighted by Crippen LogP contribution is 2.23. The van der Waals surface area contributed by atoms with E-state index in [-0.39, 0.29) is 6.04 Å². The Morgan fingerprint density at radius 2 is 1.52 bits per heavy atom. The van der Waals surface area contributed by atoms with Gasteiger partial charge in [0, 0.05) is 0 Å². The highest BCUT2D eigenvalue weighted by Gasteiger charge is 2.15. The quantitative estimate of drug-likeness (QED) is 0.103. The zero-order valence-corrected chi connectivity index (χ0v) is 16.7. The second-order valence-electron chi connectivity index (χ2n) is 7.34. The summed E-state index contributed by atoms with van der Waals surface area (Å²) in [7, 11) is 0. The molecule has 2 atom stereocenters.